The molecule has 0 saturated heterocycles. The smallest absolute Gasteiger partial charge is 0.234 e. The third-order valence-electron chi connectivity index (χ3n) is 3.72. The molecular weight excluding hydrogens is 354 g/mol. The summed E-state index contributed by atoms with van der Waals surface area (Å²) in [6.45, 7) is 3.97. The maximum Gasteiger partial charge on any atom is 0.234 e. The molecule has 0 aliphatic rings. The van der Waals surface area contributed by atoms with Gasteiger partial charge in [-0.05, 0) is 38.1 Å². The van der Waals surface area contributed by atoms with Crippen LogP contribution in [0, 0.1) is 13.8 Å². The normalized spacial score (nSPS) is 10.7. The van der Waals surface area contributed by atoms with Crippen molar-refractivity contribution in [2.45, 2.75) is 18.7 Å². The van der Waals surface area contributed by atoms with Crippen LogP contribution in [0.1, 0.15) is 11.4 Å². The van der Waals surface area contributed by atoms with Gasteiger partial charge in [0.1, 0.15) is 0 Å². The van der Waals surface area contributed by atoms with E-state index in [9.17, 15) is 4.79 Å². The highest BCUT2D eigenvalue weighted by Gasteiger charge is 2.15. The number of rotatable bonds is 5. The number of hydrogen-bond acceptors (Lipinski definition) is 3. The molecule has 6 heteroatoms. The number of aryl methyl sites for hydroxylation is 1. The van der Waals surface area contributed by atoms with Crippen LogP contribution in [0.4, 0.5) is 5.69 Å². The molecule has 0 aliphatic heterocycles. The van der Waals surface area contributed by atoms with Gasteiger partial charge in [0.2, 0.25) is 5.91 Å². The minimum absolute atomic E-state index is 0.0932. The summed E-state index contributed by atoms with van der Waals surface area (Å²) < 4.78 is 1.91. The van der Waals surface area contributed by atoms with Gasteiger partial charge in [-0.1, -0.05) is 41.9 Å². The van der Waals surface area contributed by atoms with Gasteiger partial charge in [0.25, 0.3) is 0 Å². The van der Waals surface area contributed by atoms with E-state index in [0.29, 0.717) is 16.5 Å². The van der Waals surface area contributed by atoms with E-state index in [1.54, 1.807) is 12.1 Å². The number of anilines is 1. The number of aromatic nitrogens is 2. The first-order valence-electron chi connectivity index (χ1n) is 7.85. The highest BCUT2D eigenvalue weighted by atomic mass is 35.5. The number of halogens is 1. The molecule has 1 amide bonds. The van der Waals surface area contributed by atoms with Gasteiger partial charge in [-0.15, -0.1) is 11.8 Å². The van der Waals surface area contributed by atoms with E-state index in [4.69, 9.17) is 11.6 Å². The van der Waals surface area contributed by atoms with E-state index < -0.39 is 0 Å². The number of thioether (sulfide) groups is 1. The van der Waals surface area contributed by atoms with Crippen molar-refractivity contribution in [2.24, 2.45) is 0 Å². The maximum atomic E-state index is 12.2. The average Bonchev–Trinajstić information content (AvgIpc) is 2.90. The molecule has 1 heterocycles. The van der Waals surface area contributed by atoms with Crippen molar-refractivity contribution in [3.8, 4) is 5.69 Å². The Morgan fingerprint density at radius 2 is 1.80 bits per heavy atom. The first-order valence-corrected chi connectivity index (χ1v) is 9.21. The fourth-order valence-corrected chi connectivity index (χ4v) is 3.62. The van der Waals surface area contributed by atoms with Crippen LogP contribution in [-0.2, 0) is 4.79 Å². The number of para-hydroxylation sites is 2. The van der Waals surface area contributed by atoms with Crippen LogP contribution in [0.3, 0.4) is 0 Å². The number of carbonyl (C=O) groups excluding carboxylic acids is 1. The Hall–Kier alpha value is -2.24. The van der Waals surface area contributed by atoms with Crippen LogP contribution in [0.25, 0.3) is 5.69 Å². The molecule has 0 radical (unpaired) electrons. The number of hydrogen-bond donors (Lipinski definition) is 1. The Morgan fingerprint density at radius 1 is 1.12 bits per heavy atom. The molecular formula is C19H18ClN3OS. The topological polar surface area (TPSA) is 46.9 Å². The molecule has 0 unspecified atom stereocenters. The predicted octanol–water partition coefficient (Wildman–Crippen LogP) is 4.87. The molecule has 0 spiro atoms. The van der Waals surface area contributed by atoms with Crippen molar-refractivity contribution in [3.05, 3.63) is 71.0 Å². The number of nitrogens with one attached hydrogen (secondary N) is 1. The van der Waals surface area contributed by atoms with Crippen LogP contribution in [0.5, 0.6) is 0 Å². The molecule has 3 aromatic rings. The number of benzene rings is 2. The molecule has 1 N–H and O–H groups in total. The van der Waals surface area contributed by atoms with E-state index >= 15 is 0 Å². The first-order chi connectivity index (χ1) is 12.1. The Bertz CT molecular complexity index is 893. The van der Waals surface area contributed by atoms with Gasteiger partial charge in [-0.2, -0.15) is 5.10 Å². The summed E-state index contributed by atoms with van der Waals surface area (Å²) in [6, 6.07) is 17.2. The van der Waals surface area contributed by atoms with Gasteiger partial charge in [0.15, 0.2) is 0 Å². The van der Waals surface area contributed by atoms with Crippen molar-refractivity contribution >= 4 is 35.0 Å². The van der Waals surface area contributed by atoms with Crippen molar-refractivity contribution in [3.63, 3.8) is 0 Å². The Morgan fingerprint density at radius 3 is 2.52 bits per heavy atom. The van der Waals surface area contributed by atoms with Gasteiger partial charge < -0.3 is 5.32 Å². The van der Waals surface area contributed by atoms with Crippen LogP contribution in [0.2, 0.25) is 5.02 Å². The Kier molecular flexibility index (Phi) is 5.46. The minimum atomic E-state index is -0.0932. The third kappa shape index (κ3) is 4.06. The molecule has 128 valence electrons. The largest absolute Gasteiger partial charge is 0.324 e. The zero-order valence-electron chi connectivity index (χ0n) is 14.0. The molecule has 0 fully saturated rings. The lowest BCUT2D eigenvalue weighted by Crippen LogP contribution is -2.14. The van der Waals surface area contributed by atoms with Crippen molar-refractivity contribution in [1.29, 1.82) is 0 Å². The number of nitrogens with zero attached hydrogens (tertiary/aromatic N) is 2. The van der Waals surface area contributed by atoms with E-state index in [2.05, 4.69) is 10.4 Å². The van der Waals surface area contributed by atoms with Gasteiger partial charge >= 0.3 is 0 Å². The fourth-order valence-electron chi connectivity index (χ4n) is 2.54. The fraction of sp³-hybridized carbons (Fsp3) is 0.158. The molecule has 0 atom stereocenters. The predicted molar refractivity (Wildman–Crippen MR) is 104 cm³/mol. The van der Waals surface area contributed by atoms with Crippen LogP contribution in [0.15, 0.2) is 59.5 Å². The molecule has 4 nitrogen and oxygen atoms in total. The van der Waals surface area contributed by atoms with Crippen molar-refractivity contribution < 1.29 is 4.79 Å². The van der Waals surface area contributed by atoms with E-state index in [-0.39, 0.29) is 5.91 Å². The summed E-state index contributed by atoms with van der Waals surface area (Å²) in [5.41, 5.74) is 3.58. The lowest BCUT2D eigenvalue weighted by molar-refractivity contribution is -0.113. The Labute approximate surface area is 156 Å². The second-order valence-corrected chi connectivity index (χ2v) is 6.96. The zero-order valence-corrected chi connectivity index (χ0v) is 15.6. The summed E-state index contributed by atoms with van der Waals surface area (Å²) in [5.74, 6) is 0.206. The molecule has 0 saturated carbocycles. The second-order valence-electron chi connectivity index (χ2n) is 5.56. The van der Waals surface area contributed by atoms with Crippen LogP contribution < -0.4 is 5.32 Å². The van der Waals surface area contributed by atoms with Gasteiger partial charge in [0, 0.05) is 0 Å². The van der Waals surface area contributed by atoms with Crippen LogP contribution in [-0.4, -0.2) is 21.4 Å². The summed E-state index contributed by atoms with van der Waals surface area (Å²) in [6.07, 6.45) is 0. The molecule has 1 aromatic heterocycles. The summed E-state index contributed by atoms with van der Waals surface area (Å²) in [7, 11) is 0. The number of amides is 1. The SMILES string of the molecule is Cc1nn(-c2ccccc2)c(C)c1SCC(=O)Nc1ccccc1Cl. The molecule has 25 heavy (non-hydrogen) atoms. The molecule has 0 aliphatic carbocycles. The highest BCUT2D eigenvalue weighted by molar-refractivity contribution is 8.00. The minimum Gasteiger partial charge on any atom is -0.324 e. The third-order valence-corrected chi connectivity index (χ3v) is 5.34. The first kappa shape index (κ1) is 17.6. The van der Waals surface area contributed by atoms with Crippen molar-refractivity contribution in [2.75, 3.05) is 11.1 Å². The molecule has 3 rings (SSSR count). The van der Waals surface area contributed by atoms with Gasteiger partial charge in [-0.25, -0.2) is 4.68 Å². The maximum absolute atomic E-state index is 12.2. The standard InChI is InChI=1S/C19H18ClN3OS/c1-13-19(14(2)23(22-13)15-8-4-3-5-9-15)25-12-18(24)21-17-11-7-6-10-16(17)20/h3-11H,12H2,1-2H3,(H,21,24). The lowest BCUT2D eigenvalue weighted by Gasteiger charge is -2.07. The zero-order chi connectivity index (χ0) is 17.8. The summed E-state index contributed by atoms with van der Waals surface area (Å²) in [5, 5.41) is 7.97. The van der Waals surface area contributed by atoms with E-state index in [0.717, 1.165) is 22.0 Å². The lowest BCUT2D eigenvalue weighted by atomic mass is 10.3. The molecule has 2 aromatic carbocycles. The van der Waals surface area contributed by atoms with Gasteiger partial charge in [-0.3, -0.25) is 4.79 Å². The average molecular weight is 372 g/mol. The van der Waals surface area contributed by atoms with Gasteiger partial charge in [0.05, 0.1) is 38.4 Å². The second kappa shape index (κ2) is 7.76. The van der Waals surface area contributed by atoms with E-state index in [1.807, 2.05) is 61.0 Å². The Balaban J connectivity index is 1.70. The van der Waals surface area contributed by atoms with E-state index in [1.165, 1.54) is 11.8 Å². The molecule has 0 bridgehead atoms. The monoisotopic (exact) mass is 371 g/mol. The van der Waals surface area contributed by atoms with Crippen LogP contribution >= 0.6 is 23.4 Å². The summed E-state index contributed by atoms with van der Waals surface area (Å²) >= 11 is 7.56. The van der Waals surface area contributed by atoms with Crippen molar-refractivity contribution in [1.82, 2.24) is 9.78 Å². The number of carbonyl (C=O) groups is 1. The summed E-state index contributed by atoms with van der Waals surface area (Å²) in [4.78, 5) is 13.2. The highest BCUT2D eigenvalue weighted by Crippen LogP contribution is 2.28. The quantitative estimate of drug-likeness (QED) is 0.650.